The summed E-state index contributed by atoms with van der Waals surface area (Å²) in [6, 6.07) is 15.2. The molecule has 0 spiro atoms. The number of amides is 1. The van der Waals surface area contributed by atoms with Gasteiger partial charge in [-0.05, 0) is 41.8 Å². The minimum Gasteiger partial charge on any atom is -0.358 e. The zero-order valence-corrected chi connectivity index (χ0v) is 15.6. The molecule has 4 rings (SSSR count). The molecule has 138 valence electrons. The average Bonchev–Trinajstić information content (AvgIpc) is 3.16. The predicted octanol–water partition coefficient (Wildman–Crippen LogP) is 3.06. The fourth-order valence-electron chi connectivity index (χ4n) is 3.38. The fourth-order valence-corrected chi connectivity index (χ4v) is 3.50. The smallest absolute Gasteiger partial charge is 0.241 e. The van der Waals surface area contributed by atoms with Crippen LogP contribution in [-0.4, -0.2) is 34.0 Å². The van der Waals surface area contributed by atoms with Gasteiger partial charge in [0.15, 0.2) is 0 Å². The van der Waals surface area contributed by atoms with Gasteiger partial charge in [-0.25, -0.2) is 0 Å². The number of likely N-dealkylation sites (N-methyl/N-ethyl adjacent to an activating group) is 1. The Labute approximate surface area is 162 Å². The van der Waals surface area contributed by atoms with Crippen LogP contribution in [0.2, 0.25) is 5.02 Å². The lowest BCUT2D eigenvalue weighted by atomic mass is 9.93. The first-order valence-electron chi connectivity index (χ1n) is 8.75. The molecule has 2 heterocycles. The molecule has 1 aromatic heterocycles. The second-order valence-corrected chi connectivity index (χ2v) is 6.96. The summed E-state index contributed by atoms with van der Waals surface area (Å²) in [7, 11) is 1.66. The second-order valence-electron chi connectivity index (χ2n) is 6.53. The summed E-state index contributed by atoms with van der Waals surface area (Å²) in [5.74, 6) is 0.978. The van der Waals surface area contributed by atoms with Gasteiger partial charge in [0.1, 0.15) is 0 Å². The molecule has 0 bridgehead atoms. The van der Waals surface area contributed by atoms with Crippen LogP contribution in [0, 0.1) is 0 Å². The minimum absolute atomic E-state index is 0.0121. The van der Waals surface area contributed by atoms with Gasteiger partial charge in [-0.15, -0.1) is 0 Å². The molecule has 2 aromatic carbocycles. The molecule has 1 aliphatic heterocycles. The highest BCUT2D eigenvalue weighted by Crippen LogP contribution is 2.26. The number of rotatable bonds is 4. The molecule has 27 heavy (non-hydrogen) atoms. The van der Waals surface area contributed by atoms with E-state index in [9.17, 15) is 4.79 Å². The van der Waals surface area contributed by atoms with E-state index < -0.39 is 0 Å². The Kier molecular flexibility index (Phi) is 4.92. The number of hydrogen-bond donors (Lipinski definition) is 1. The summed E-state index contributed by atoms with van der Waals surface area (Å²) in [5, 5.41) is 7.47. The Balaban J connectivity index is 1.57. The summed E-state index contributed by atoms with van der Waals surface area (Å²) in [5.41, 5.74) is 3.26. The van der Waals surface area contributed by atoms with Crippen LogP contribution in [0.4, 0.5) is 0 Å². The SMILES string of the molecule is CNC(=O)[C@H]1Cc2ccccc2CN1Cc1nc(-c2ccc(Cl)cc2)no1. The number of nitrogens with zero attached hydrogens (tertiary/aromatic N) is 3. The lowest BCUT2D eigenvalue weighted by molar-refractivity contribution is -0.126. The van der Waals surface area contributed by atoms with Crippen molar-refractivity contribution in [2.24, 2.45) is 0 Å². The van der Waals surface area contributed by atoms with Crippen LogP contribution >= 0.6 is 11.6 Å². The maximum atomic E-state index is 12.4. The molecule has 1 atom stereocenters. The Morgan fingerprint density at radius 2 is 1.96 bits per heavy atom. The summed E-state index contributed by atoms with van der Waals surface area (Å²) in [6.07, 6.45) is 0.661. The molecular formula is C20H19ClN4O2. The van der Waals surface area contributed by atoms with Crippen LogP contribution in [0.3, 0.4) is 0 Å². The minimum atomic E-state index is -0.268. The number of benzene rings is 2. The van der Waals surface area contributed by atoms with Crippen molar-refractivity contribution in [2.45, 2.75) is 25.6 Å². The van der Waals surface area contributed by atoms with Crippen molar-refractivity contribution in [1.29, 1.82) is 0 Å². The summed E-state index contributed by atoms with van der Waals surface area (Å²) in [4.78, 5) is 19.0. The van der Waals surface area contributed by atoms with Gasteiger partial charge in [-0.2, -0.15) is 4.98 Å². The first-order chi connectivity index (χ1) is 13.1. The highest BCUT2D eigenvalue weighted by molar-refractivity contribution is 6.30. The molecule has 7 heteroatoms. The predicted molar refractivity (Wildman–Crippen MR) is 102 cm³/mol. The molecule has 0 saturated heterocycles. The zero-order chi connectivity index (χ0) is 18.8. The van der Waals surface area contributed by atoms with Crippen LogP contribution in [-0.2, 0) is 24.3 Å². The van der Waals surface area contributed by atoms with Gasteiger partial charge >= 0.3 is 0 Å². The van der Waals surface area contributed by atoms with Crippen molar-refractivity contribution in [3.05, 3.63) is 70.6 Å². The average molecular weight is 383 g/mol. The standard InChI is InChI=1S/C20H19ClN4O2/c1-22-20(26)17-10-14-4-2-3-5-15(14)11-25(17)12-18-23-19(24-27-18)13-6-8-16(21)9-7-13/h2-9,17H,10-12H2,1H3,(H,22,26)/t17-/m1/s1. The van der Waals surface area contributed by atoms with Crippen LogP contribution in [0.5, 0.6) is 0 Å². The third kappa shape index (κ3) is 3.72. The lowest BCUT2D eigenvalue weighted by Gasteiger charge is -2.34. The molecule has 1 N–H and O–H groups in total. The van der Waals surface area contributed by atoms with E-state index in [1.807, 2.05) is 24.3 Å². The molecule has 0 saturated carbocycles. The van der Waals surface area contributed by atoms with Gasteiger partial charge in [0.05, 0.1) is 12.6 Å². The van der Waals surface area contributed by atoms with Crippen LogP contribution in [0.15, 0.2) is 53.1 Å². The number of hydrogen-bond acceptors (Lipinski definition) is 5. The number of halogens is 1. The number of carbonyl (C=O) groups excluding carboxylic acids is 1. The molecule has 0 aliphatic carbocycles. The number of nitrogens with one attached hydrogen (secondary N) is 1. The monoisotopic (exact) mass is 382 g/mol. The zero-order valence-electron chi connectivity index (χ0n) is 14.9. The molecule has 0 radical (unpaired) electrons. The fraction of sp³-hybridized carbons (Fsp3) is 0.250. The van der Waals surface area contributed by atoms with Crippen molar-refractivity contribution >= 4 is 17.5 Å². The van der Waals surface area contributed by atoms with Gasteiger partial charge in [0.25, 0.3) is 0 Å². The van der Waals surface area contributed by atoms with Crippen molar-refractivity contribution < 1.29 is 9.32 Å². The molecule has 6 nitrogen and oxygen atoms in total. The Morgan fingerprint density at radius 1 is 1.22 bits per heavy atom. The first-order valence-corrected chi connectivity index (χ1v) is 9.13. The molecule has 0 fully saturated rings. The quantitative estimate of drug-likeness (QED) is 0.750. The molecule has 1 amide bonds. The van der Waals surface area contributed by atoms with Crippen molar-refractivity contribution in [3.8, 4) is 11.4 Å². The van der Waals surface area contributed by atoms with E-state index in [0.29, 0.717) is 36.2 Å². The Bertz CT molecular complexity index is 955. The van der Waals surface area contributed by atoms with Crippen LogP contribution in [0.25, 0.3) is 11.4 Å². The third-order valence-electron chi connectivity index (χ3n) is 4.80. The van der Waals surface area contributed by atoms with Crippen molar-refractivity contribution in [1.82, 2.24) is 20.4 Å². The van der Waals surface area contributed by atoms with Gasteiger partial charge in [0, 0.05) is 24.2 Å². The van der Waals surface area contributed by atoms with Gasteiger partial charge in [-0.3, -0.25) is 9.69 Å². The van der Waals surface area contributed by atoms with Crippen molar-refractivity contribution in [3.63, 3.8) is 0 Å². The highest BCUT2D eigenvalue weighted by atomic mass is 35.5. The van der Waals surface area contributed by atoms with E-state index in [2.05, 4.69) is 32.5 Å². The van der Waals surface area contributed by atoms with Crippen LogP contribution in [0.1, 0.15) is 17.0 Å². The molecular weight excluding hydrogens is 364 g/mol. The lowest BCUT2D eigenvalue weighted by Crippen LogP contribution is -2.49. The van der Waals surface area contributed by atoms with Crippen LogP contribution < -0.4 is 5.32 Å². The number of fused-ring (bicyclic) bond motifs is 1. The topological polar surface area (TPSA) is 71.3 Å². The number of aromatic nitrogens is 2. The van der Waals surface area contributed by atoms with E-state index in [1.165, 1.54) is 11.1 Å². The highest BCUT2D eigenvalue weighted by Gasteiger charge is 2.32. The van der Waals surface area contributed by atoms with E-state index in [1.54, 1.807) is 19.2 Å². The summed E-state index contributed by atoms with van der Waals surface area (Å²) < 4.78 is 5.43. The maximum absolute atomic E-state index is 12.4. The van der Waals surface area contributed by atoms with Gasteiger partial charge < -0.3 is 9.84 Å². The van der Waals surface area contributed by atoms with E-state index in [0.717, 1.165) is 5.56 Å². The second kappa shape index (κ2) is 7.50. The first kappa shape index (κ1) is 17.7. The van der Waals surface area contributed by atoms with Gasteiger partial charge in [0.2, 0.25) is 17.6 Å². The van der Waals surface area contributed by atoms with E-state index in [-0.39, 0.29) is 11.9 Å². The Morgan fingerprint density at radius 3 is 2.70 bits per heavy atom. The van der Waals surface area contributed by atoms with Crippen molar-refractivity contribution in [2.75, 3.05) is 7.05 Å². The largest absolute Gasteiger partial charge is 0.358 e. The summed E-state index contributed by atoms with van der Waals surface area (Å²) in [6.45, 7) is 1.07. The Hall–Kier alpha value is -2.70. The number of carbonyl (C=O) groups is 1. The molecule has 3 aromatic rings. The maximum Gasteiger partial charge on any atom is 0.241 e. The molecule has 1 aliphatic rings. The molecule has 0 unspecified atom stereocenters. The van der Waals surface area contributed by atoms with Gasteiger partial charge in [-0.1, -0.05) is 41.0 Å². The normalized spacial score (nSPS) is 16.7. The van der Waals surface area contributed by atoms with E-state index in [4.69, 9.17) is 16.1 Å². The third-order valence-corrected chi connectivity index (χ3v) is 5.06. The summed E-state index contributed by atoms with van der Waals surface area (Å²) >= 11 is 5.93. The van der Waals surface area contributed by atoms with E-state index >= 15 is 0 Å².